The first-order chi connectivity index (χ1) is 16.8. The average molecular weight is 480 g/mol. The number of aromatic nitrogens is 2. The number of thioether (sulfide) groups is 1. The maximum Gasteiger partial charge on any atom is 0.0951 e. The van der Waals surface area contributed by atoms with E-state index in [1.807, 2.05) is 44.1 Å². The third kappa shape index (κ3) is 4.33. The van der Waals surface area contributed by atoms with Crippen LogP contribution in [0, 0.1) is 11.3 Å². The summed E-state index contributed by atoms with van der Waals surface area (Å²) in [5.74, 6) is 0. The minimum atomic E-state index is -0.618. The fourth-order valence-corrected chi connectivity index (χ4v) is 5.29. The third-order valence-corrected chi connectivity index (χ3v) is 7.41. The first-order valence-corrected chi connectivity index (χ1v) is 12.7. The van der Waals surface area contributed by atoms with Gasteiger partial charge in [0.05, 0.1) is 58.8 Å². The molecule has 0 amide bonds. The van der Waals surface area contributed by atoms with Crippen LogP contribution < -0.4 is 9.80 Å². The van der Waals surface area contributed by atoms with Gasteiger partial charge in [-0.15, -0.1) is 11.8 Å². The van der Waals surface area contributed by atoms with E-state index in [-0.39, 0.29) is 0 Å². The van der Waals surface area contributed by atoms with Crippen LogP contribution >= 0.6 is 11.8 Å². The molecule has 3 heterocycles. The van der Waals surface area contributed by atoms with Crippen LogP contribution in [0.5, 0.6) is 0 Å². The molecule has 0 fully saturated rings. The Labute approximate surface area is 211 Å². The Bertz CT molecular complexity index is 1420. The number of hydrogen-bond acceptors (Lipinski definition) is 6. The predicted octanol–water partition coefficient (Wildman–Crippen LogP) is 7.14. The topological polar surface area (TPSA) is 56.1 Å². The lowest BCUT2D eigenvalue weighted by molar-refractivity contribution is 0.659. The van der Waals surface area contributed by atoms with Crippen molar-refractivity contribution in [2.75, 3.05) is 23.5 Å². The minimum Gasteiger partial charge on any atom is -0.354 e. The first kappa shape index (κ1) is 23.2. The van der Waals surface area contributed by atoms with Crippen LogP contribution in [0.15, 0.2) is 71.9 Å². The molecular formula is C29H29N5S. The standard InChI is InChI=1S/C29H29N5S/c1-19(2)35-23-10-6-20(7-11-23)21-8-12-25-24(14-21)28-26(16-31-25)33(5)18-34(28)22-9-13-27(32-15-22)29(3,4)17-30/h6-16,19H,18H2,1-5H3. The van der Waals surface area contributed by atoms with Crippen molar-refractivity contribution in [1.82, 2.24) is 9.97 Å². The summed E-state index contributed by atoms with van der Waals surface area (Å²) in [5.41, 5.74) is 6.73. The van der Waals surface area contributed by atoms with Crippen LogP contribution in [0.4, 0.5) is 17.1 Å². The van der Waals surface area contributed by atoms with E-state index in [4.69, 9.17) is 4.98 Å². The first-order valence-electron chi connectivity index (χ1n) is 11.8. The zero-order valence-corrected chi connectivity index (χ0v) is 21.6. The highest BCUT2D eigenvalue weighted by atomic mass is 32.2. The molecule has 0 spiro atoms. The lowest BCUT2D eigenvalue weighted by atomic mass is 9.91. The van der Waals surface area contributed by atoms with Gasteiger partial charge < -0.3 is 9.80 Å². The molecule has 1 aliphatic rings. The molecule has 2 aromatic carbocycles. The van der Waals surface area contributed by atoms with Crippen molar-refractivity contribution in [3.05, 3.63) is 72.7 Å². The molecule has 35 heavy (non-hydrogen) atoms. The van der Waals surface area contributed by atoms with Gasteiger partial charge in [0.25, 0.3) is 0 Å². The Hall–Kier alpha value is -3.56. The third-order valence-electron chi connectivity index (χ3n) is 6.39. The molecule has 1 aliphatic heterocycles. The number of benzene rings is 2. The lowest BCUT2D eigenvalue weighted by Gasteiger charge is -2.22. The van der Waals surface area contributed by atoms with Crippen molar-refractivity contribution >= 4 is 39.7 Å². The highest BCUT2D eigenvalue weighted by Gasteiger charge is 2.29. The van der Waals surface area contributed by atoms with Crippen molar-refractivity contribution in [3.63, 3.8) is 0 Å². The van der Waals surface area contributed by atoms with Crippen molar-refractivity contribution in [2.24, 2.45) is 0 Å². The number of rotatable bonds is 5. The van der Waals surface area contributed by atoms with Gasteiger partial charge in [0.2, 0.25) is 0 Å². The van der Waals surface area contributed by atoms with E-state index in [2.05, 4.69) is 90.3 Å². The quantitative estimate of drug-likeness (QED) is 0.283. The van der Waals surface area contributed by atoms with E-state index in [9.17, 15) is 5.26 Å². The molecule has 176 valence electrons. The molecule has 5 nitrogen and oxygen atoms in total. The molecule has 0 bridgehead atoms. The SMILES string of the molecule is CC(C)Sc1ccc(-c2ccc3ncc4c(c3c2)N(c2ccc(C(C)(C)C#N)nc2)CN4C)cc1. The molecule has 0 radical (unpaired) electrons. The van der Waals surface area contributed by atoms with E-state index < -0.39 is 5.41 Å². The normalized spacial score (nSPS) is 13.4. The molecule has 2 aromatic heterocycles. The van der Waals surface area contributed by atoms with Crippen LogP contribution in [-0.4, -0.2) is 28.9 Å². The Morgan fingerprint density at radius 3 is 2.37 bits per heavy atom. The summed E-state index contributed by atoms with van der Waals surface area (Å²) in [5, 5.41) is 11.1. The summed E-state index contributed by atoms with van der Waals surface area (Å²) in [6, 6.07) is 21.7. The highest BCUT2D eigenvalue weighted by molar-refractivity contribution is 7.99. The minimum absolute atomic E-state index is 0.563. The van der Waals surface area contributed by atoms with Crippen molar-refractivity contribution in [1.29, 1.82) is 5.26 Å². The van der Waals surface area contributed by atoms with Gasteiger partial charge in [-0.3, -0.25) is 9.97 Å². The van der Waals surface area contributed by atoms with Gasteiger partial charge in [-0.1, -0.05) is 32.0 Å². The van der Waals surface area contributed by atoms with Gasteiger partial charge in [0, 0.05) is 22.6 Å². The molecule has 5 rings (SSSR count). The summed E-state index contributed by atoms with van der Waals surface area (Å²) >= 11 is 1.88. The Kier molecular flexibility index (Phi) is 5.90. The maximum absolute atomic E-state index is 9.47. The molecule has 4 aromatic rings. The van der Waals surface area contributed by atoms with Gasteiger partial charge in [0.15, 0.2) is 0 Å². The number of fused-ring (bicyclic) bond motifs is 3. The molecule has 6 heteroatoms. The largest absolute Gasteiger partial charge is 0.354 e. The molecular weight excluding hydrogens is 450 g/mol. The fourth-order valence-electron chi connectivity index (χ4n) is 4.45. The number of nitriles is 1. The second kappa shape index (κ2) is 8.90. The smallest absolute Gasteiger partial charge is 0.0951 e. The maximum atomic E-state index is 9.47. The van der Waals surface area contributed by atoms with Crippen LogP contribution in [0.1, 0.15) is 33.4 Å². The molecule has 0 unspecified atom stereocenters. The zero-order valence-electron chi connectivity index (χ0n) is 20.8. The molecule has 0 saturated heterocycles. The van der Waals surface area contributed by atoms with E-state index in [1.165, 1.54) is 16.0 Å². The summed E-state index contributed by atoms with van der Waals surface area (Å²) in [6.45, 7) is 8.92. The lowest BCUT2D eigenvalue weighted by Crippen LogP contribution is -2.24. The fraction of sp³-hybridized carbons (Fsp3) is 0.276. The second-order valence-electron chi connectivity index (χ2n) is 9.82. The summed E-state index contributed by atoms with van der Waals surface area (Å²) in [6.07, 6.45) is 3.83. The van der Waals surface area contributed by atoms with Gasteiger partial charge in [-0.05, 0) is 61.4 Å². The average Bonchev–Trinajstić information content (AvgIpc) is 3.21. The number of hydrogen-bond donors (Lipinski definition) is 0. The predicted molar refractivity (Wildman–Crippen MR) is 146 cm³/mol. The molecule has 0 atom stereocenters. The summed E-state index contributed by atoms with van der Waals surface area (Å²) < 4.78 is 0. The molecule has 0 aliphatic carbocycles. The van der Waals surface area contributed by atoms with E-state index in [1.54, 1.807) is 0 Å². The van der Waals surface area contributed by atoms with Gasteiger partial charge in [-0.2, -0.15) is 5.26 Å². The van der Waals surface area contributed by atoms with E-state index >= 15 is 0 Å². The summed E-state index contributed by atoms with van der Waals surface area (Å²) in [7, 11) is 2.09. The molecule has 0 N–H and O–H groups in total. The highest BCUT2D eigenvalue weighted by Crippen LogP contribution is 2.45. The van der Waals surface area contributed by atoms with Gasteiger partial charge >= 0.3 is 0 Å². The van der Waals surface area contributed by atoms with Gasteiger partial charge in [-0.25, -0.2) is 0 Å². The van der Waals surface area contributed by atoms with Crippen LogP contribution in [0.3, 0.4) is 0 Å². The van der Waals surface area contributed by atoms with Crippen molar-refractivity contribution in [2.45, 2.75) is 43.3 Å². The van der Waals surface area contributed by atoms with E-state index in [0.29, 0.717) is 11.9 Å². The Morgan fingerprint density at radius 2 is 1.71 bits per heavy atom. The van der Waals surface area contributed by atoms with Crippen LogP contribution in [-0.2, 0) is 5.41 Å². The Balaban J connectivity index is 1.57. The Morgan fingerprint density at radius 1 is 0.971 bits per heavy atom. The number of nitrogens with zero attached hydrogens (tertiary/aromatic N) is 5. The second-order valence-corrected chi connectivity index (χ2v) is 11.5. The zero-order chi connectivity index (χ0) is 24.7. The van der Waals surface area contributed by atoms with Crippen LogP contribution in [0.2, 0.25) is 0 Å². The van der Waals surface area contributed by atoms with Crippen LogP contribution in [0.25, 0.3) is 22.0 Å². The number of anilines is 3. The molecule has 0 saturated carbocycles. The summed E-state index contributed by atoms with van der Waals surface area (Å²) in [4.78, 5) is 15.2. The monoisotopic (exact) mass is 479 g/mol. The van der Waals surface area contributed by atoms with Crippen molar-refractivity contribution < 1.29 is 0 Å². The van der Waals surface area contributed by atoms with Gasteiger partial charge in [0.1, 0.15) is 0 Å². The number of pyridine rings is 2. The van der Waals surface area contributed by atoms with Crippen molar-refractivity contribution in [3.8, 4) is 17.2 Å². The van der Waals surface area contributed by atoms with E-state index in [0.717, 1.165) is 33.7 Å².